The lowest BCUT2D eigenvalue weighted by Gasteiger charge is -2.16. The van der Waals surface area contributed by atoms with Gasteiger partial charge in [-0.3, -0.25) is 25.0 Å². The zero-order valence-electron chi connectivity index (χ0n) is 24.0. The number of carbonyl (C=O) groups is 1. The van der Waals surface area contributed by atoms with Gasteiger partial charge in [-0.1, -0.05) is 24.3 Å². The first-order valence-electron chi connectivity index (χ1n) is 13.1. The smallest absolute Gasteiger partial charge is 0.374 e. The van der Waals surface area contributed by atoms with Crippen molar-refractivity contribution in [2.45, 2.75) is 51.4 Å². The Bertz CT molecular complexity index is 1050. The maximum Gasteiger partial charge on any atom is 0.374 e. The van der Waals surface area contributed by atoms with Crippen molar-refractivity contribution in [2.75, 3.05) is 26.9 Å². The predicted molar refractivity (Wildman–Crippen MR) is 160 cm³/mol. The predicted octanol–water partition coefficient (Wildman–Crippen LogP) is 0.993. The number of nitrogens with one attached hydrogen (secondary N) is 2. The van der Waals surface area contributed by atoms with E-state index in [1.54, 1.807) is 31.1 Å². The molecule has 0 unspecified atom stereocenters. The minimum atomic E-state index is -0.859. The molecule has 1 aliphatic heterocycles. The van der Waals surface area contributed by atoms with E-state index in [1.165, 1.54) is 51.0 Å². The Morgan fingerprint density at radius 2 is 1.33 bits per heavy atom. The molecule has 1 aliphatic rings. The second kappa shape index (κ2) is 21.4. The third-order valence-corrected chi connectivity index (χ3v) is 5.67. The molecule has 0 aliphatic carbocycles. The van der Waals surface area contributed by atoms with Crippen LogP contribution in [0.25, 0.3) is 0 Å². The van der Waals surface area contributed by atoms with Gasteiger partial charge in [0, 0.05) is 51.9 Å². The lowest BCUT2D eigenvalue weighted by Crippen LogP contribution is -2.46. The average Bonchev–Trinajstić information content (AvgIpc) is 3.53. The molecular weight excluding hydrogens is 549 g/mol. The number of nitrogens with zero attached hydrogens (tertiary/aromatic N) is 2. The topological polar surface area (TPSA) is 207 Å². The lowest BCUT2D eigenvalue weighted by molar-refractivity contribution is -0.385. The number of aliphatic hydroxyl groups is 1. The fraction of sp³-hybridized carbons (Fsp3) is 0.480. The number of nitro groups is 2. The number of benzene rings is 2. The van der Waals surface area contributed by atoms with Crippen molar-refractivity contribution in [1.29, 1.82) is 0 Å². The molecule has 0 spiro atoms. The lowest BCUT2D eigenvalue weighted by atomic mass is 9.86. The van der Waals surface area contributed by atoms with E-state index < -0.39 is 36.0 Å². The summed E-state index contributed by atoms with van der Waals surface area (Å²) in [6.45, 7) is 4.95. The monoisotopic (exact) mass is 587 g/mol. The number of esters is 1. The van der Waals surface area contributed by atoms with Gasteiger partial charge >= 0.3 is 20.1 Å². The molecule has 2 atom stereocenters. The standard InChI is InChI=1S/C11H15BN2O5.C10H15BN2O4.C4H8O.B/c1-12(16)13-10(11(15)19-2)7-8-3-5-9(6-4-8)14(17)18;1-11(15)12-9(7-14)6-8-2-4-10(5-3-8)13(16)17;1-2-4-5-3-1;/h3-6,10,13,16H,7H2,1-2H3;2-5,9,12,14-15H,6-7H2,1H3;1-4H2;/t10-;9-;;/m00../s1. The van der Waals surface area contributed by atoms with Crippen LogP contribution in [0.5, 0.6) is 0 Å². The van der Waals surface area contributed by atoms with E-state index in [2.05, 4.69) is 15.2 Å². The van der Waals surface area contributed by atoms with E-state index in [1.807, 2.05) is 0 Å². The molecule has 1 fully saturated rings. The first-order chi connectivity index (χ1) is 19.5. The highest BCUT2D eigenvalue weighted by atomic mass is 16.6. The third-order valence-electron chi connectivity index (χ3n) is 5.67. The van der Waals surface area contributed by atoms with Crippen LogP contribution in [-0.4, -0.2) is 92.5 Å². The molecule has 3 radical (unpaired) electrons. The molecule has 3 rings (SSSR count). The summed E-state index contributed by atoms with van der Waals surface area (Å²) in [6, 6.07) is 11.0. The zero-order valence-corrected chi connectivity index (χ0v) is 24.0. The number of carbonyl (C=O) groups excluding carboxylic acids is 1. The molecule has 0 bridgehead atoms. The van der Waals surface area contributed by atoms with Gasteiger partial charge in [0.1, 0.15) is 6.04 Å². The number of ether oxygens (including phenoxy) is 2. The van der Waals surface area contributed by atoms with E-state index in [9.17, 15) is 30.0 Å². The fourth-order valence-electron chi connectivity index (χ4n) is 3.70. The van der Waals surface area contributed by atoms with Crippen LogP contribution in [0.1, 0.15) is 24.0 Å². The Morgan fingerprint density at radius 3 is 1.64 bits per heavy atom. The Labute approximate surface area is 247 Å². The summed E-state index contributed by atoms with van der Waals surface area (Å²) in [5.41, 5.74) is 1.62. The van der Waals surface area contributed by atoms with E-state index in [4.69, 9.17) is 14.9 Å². The van der Waals surface area contributed by atoms with E-state index in [0.717, 1.165) is 24.3 Å². The highest BCUT2D eigenvalue weighted by molar-refractivity contribution is 6.46. The normalized spacial score (nSPS) is 13.1. The minimum Gasteiger partial charge on any atom is -0.468 e. The number of aliphatic hydroxyl groups excluding tert-OH is 1. The number of non-ortho nitro benzene ring substituents is 2. The number of hydrogen-bond acceptors (Lipinski definition) is 12. The summed E-state index contributed by atoms with van der Waals surface area (Å²) in [5.74, 6) is -0.501. The summed E-state index contributed by atoms with van der Waals surface area (Å²) in [5, 5.41) is 53.9. The van der Waals surface area contributed by atoms with Crippen molar-refractivity contribution in [3.8, 4) is 0 Å². The molecule has 42 heavy (non-hydrogen) atoms. The van der Waals surface area contributed by atoms with Gasteiger partial charge in [0.15, 0.2) is 0 Å². The first kappa shape index (κ1) is 38.7. The van der Waals surface area contributed by atoms with E-state index >= 15 is 0 Å². The highest BCUT2D eigenvalue weighted by Crippen LogP contribution is 2.14. The van der Waals surface area contributed by atoms with Crippen molar-refractivity contribution in [1.82, 2.24) is 10.5 Å². The van der Waals surface area contributed by atoms with Crippen LogP contribution < -0.4 is 10.5 Å². The highest BCUT2D eigenvalue weighted by Gasteiger charge is 2.22. The molecule has 2 aromatic carbocycles. The van der Waals surface area contributed by atoms with Gasteiger partial charge < -0.3 is 35.1 Å². The van der Waals surface area contributed by atoms with Gasteiger partial charge in [0.05, 0.1) is 23.6 Å². The molecule has 1 saturated heterocycles. The van der Waals surface area contributed by atoms with Crippen LogP contribution in [0.4, 0.5) is 11.4 Å². The molecule has 227 valence electrons. The second-order valence-electron chi connectivity index (χ2n) is 9.22. The Hall–Kier alpha value is -3.34. The molecule has 14 nitrogen and oxygen atoms in total. The third kappa shape index (κ3) is 16.2. The van der Waals surface area contributed by atoms with Gasteiger partial charge in [-0.2, -0.15) is 0 Å². The van der Waals surface area contributed by atoms with Crippen LogP contribution >= 0.6 is 0 Å². The maximum atomic E-state index is 11.5. The number of rotatable bonds is 12. The molecule has 1 heterocycles. The van der Waals surface area contributed by atoms with Gasteiger partial charge in [0.25, 0.3) is 11.4 Å². The Kier molecular flexibility index (Phi) is 19.7. The number of methoxy groups -OCH3 is 1. The molecule has 5 N–H and O–H groups in total. The summed E-state index contributed by atoms with van der Waals surface area (Å²) in [6.07, 6.45) is 3.33. The Balaban J connectivity index is 0.000000673. The number of hydrogen-bond donors (Lipinski definition) is 5. The van der Waals surface area contributed by atoms with Crippen molar-refractivity contribution in [2.24, 2.45) is 0 Å². The van der Waals surface area contributed by atoms with Gasteiger partial charge in [-0.25, -0.2) is 0 Å². The van der Waals surface area contributed by atoms with Crippen LogP contribution in [0.15, 0.2) is 48.5 Å². The minimum absolute atomic E-state index is 0. The SMILES string of the molecule is C1CCOC1.CB(O)N[C@H](CO)Cc1ccc([N+](=O)[O-])cc1.COC(=O)[C@H](Cc1ccc([N+](=O)[O-])cc1)NB(C)O.[B]. The molecule has 0 amide bonds. The van der Waals surface area contributed by atoms with Crippen molar-refractivity contribution < 1.29 is 39.3 Å². The summed E-state index contributed by atoms with van der Waals surface area (Å²) in [7, 11) is -0.304. The molecule has 0 saturated carbocycles. The fourth-order valence-corrected chi connectivity index (χ4v) is 3.70. The van der Waals surface area contributed by atoms with Crippen molar-refractivity contribution in [3.05, 3.63) is 79.9 Å². The van der Waals surface area contributed by atoms with E-state index in [0.29, 0.717) is 6.42 Å². The summed E-state index contributed by atoms with van der Waals surface area (Å²) < 4.78 is 9.57. The van der Waals surface area contributed by atoms with E-state index in [-0.39, 0.29) is 38.9 Å². The van der Waals surface area contributed by atoms with Crippen LogP contribution in [0.2, 0.25) is 13.6 Å². The zero-order chi connectivity index (χ0) is 30.8. The first-order valence-corrected chi connectivity index (χ1v) is 13.1. The number of nitro benzene ring substituents is 2. The van der Waals surface area contributed by atoms with Crippen LogP contribution in [-0.2, 0) is 27.1 Å². The largest absolute Gasteiger partial charge is 0.468 e. The van der Waals surface area contributed by atoms with Crippen molar-refractivity contribution >= 4 is 39.9 Å². The second-order valence-corrected chi connectivity index (χ2v) is 9.22. The van der Waals surface area contributed by atoms with Crippen LogP contribution in [0, 0.1) is 20.2 Å². The molecule has 2 aromatic rings. The Morgan fingerprint density at radius 1 is 0.905 bits per heavy atom. The summed E-state index contributed by atoms with van der Waals surface area (Å²) in [4.78, 5) is 31.6. The molecule has 17 heteroatoms. The van der Waals surface area contributed by atoms with Gasteiger partial charge in [-0.05, 0) is 50.5 Å². The molecular formula is C25H38B3N4O10. The van der Waals surface area contributed by atoms with Crippen molar-refractivity contribution in [3.63, 3.8) is 0 Å². The molecule has 0 aromatic heterocycles. The quantitative estimate of drug-likeness (QED) is 0.102. The van der Waals surface area contributed by atoms with Gasteiger partial charge in [-0.15, -0.1) is 0 Å². The van der Waals surface area contributed by atoms with Crippen LogP contribution in [0.3, 0.4) is 0 Å². The average molecular weight is 587 g/mol. The van der Waals surface area contributed by atoms with Gasteiger partial charge in [0.2, 0.25) is 0 Å². The maximum absolute atomic E-state index is 11.5. The summed E-state index contributed by atoms with van der Waals surface area (Å²) >= 11 is 0.